The fourth-order valence-corrected chi connectivity index (χ4v) is 3.13. The minimum atomic E-state index is -0.559. The molecule has 118 valence electrons. The minimum absolute atomic E-state index is 0.0280. The summed E-state index contributed by atoms with van der Waals surface area (Å²) in [7, 11) is 1.28. The highest BCUT2D eigenvalue weighted by molar-refractivity contribution is 7.99. The van der Waals surface area contributed by atoms with Crippen LogP contribution in [-0.2, 0) is 11.3 Å². The van der Waals surface area contributed by atoms with Gasteiger partial charge in [0.05, 0.1) is 12.7 Å². The smallest absolute Gasteiger partial charge is 0.337 e. The molecule has 0 atom stereocenters. The van der Waals surface area contributed by atoms with Gasteiger partial charge in [-0.1, -0.05) is 17.8 Å². The Hall–Kier alpha value is -2.61. The minimum Gasteiger partial charge on any atom is -0.465 e. The van der Waals surface area contributed by atoms with Gasteiger partial charge in [0, 0.05) is 24.2 Å². The lowest BCUT2D eigenvalue weighted by atomic mass is 10.2. The summed E-state index contributed by atoms with van der Waals surface area (Å²) in [5.41, 5.74) is 0.323. The molecule has 0 spiro atoms. The molecule has 23 heavy (non-hydrogen) atoms. The Kier molecular flexibility index (Phi) is 4.16. The van der Waals surface area contributed by atoms with E-state index >= 15 is 0 Å². The van der Waals surface area contributed by atoms with Gasteiger partial charge in [-0.3, -0.25) is 14.2 Å². The number of amides is 1. The van der Waals surface area contributed by atoms with E-state index in [9.17, 15) is 14.4 Å². The molecule has 1 N–H and O–H groups in total. The summed E-state index contributed by atoms with van der Waals surface area (Å²) in [5, 5.41) is 3.23. The van der Waals surface area contributed by atoms with Gasteiger partial charge in [-0.2, -0.15) is 0 Å². The number of hydrogen-bond acceptors (Lipinski definition) is 6. The zero-order valence-corrected chi connectivity index (χ0v) is 13.1. The Labute approximate surface area is 135 Å². The van der Waals surface area contributed by atoms with Crippen LogP contribution >= 0.6 is 11.8 Å². The Morgan fingerprint density at radius 3 is 3.00 bits per heavy atom. The second-order valence-corrected chi connectivity index (χ2v) is 5.85. The molecule has 3 rings (SSSR count). The van der Waals surface area contributed by atoms with Gasteiger partial charge in [-0.05, 0) is 18.2 Å². The summed E-state index contributed by atoms with van der Waals surface area (Å²) < 4.78 is 6.12. The number of hydrogen-bond donors (Lipinski definition) is 1. The van der Waals surface area contributed by atoms with Crippen LogP contribution in [-0.4, -0.2) is 34.3 Å². The van der Waals surface area contributed by atoms with Crippen LogP contribution in [0.4, 0.5) is 5.69 Å². The molecule has 2 heterocycles. The first-order valence-electron chi connectivity index (χ1n) is 6.82. The number of methoxy groups -OCH3 is 1. The fourth-order valence-electron chi connectivity index (χ4n) is 2.21. The molecule has 2 aromatic rings. The maximum atomic E-state index is 12.3. The molecule has 1 aliphatic heterocycles. The van der Waals surface area contributed by atoms with E-state index in [4.69, 9.17) is 0 Å². The summed E-state index contributed by atoms with van der Waals surface area (Å²) in [6.45, 7) is 0.546. The number of esters is 1. The van der Waals surface area contributed by atoms with Gasteiger partial charge >= 0.3 is 5.97 Å². The summed E-state index contributed by atoms with van der Waals surface area (Å²) in [6.07, 6.45) is 1.28. The van der Waals surface area contributed by atoms with Gasteiger partial charge in [0.1, 0.15) is 5.56 Å². The molecule has 0 bridgehead atoms. The maximum Gasteiger partial charge on any atom is 0.337 e. The average molecular weight is 331 g/mol. The second-order valence-electron chi connectivity index (χ2n) is 4.79. The number of rotatable bonds is 3. The van der Waals surface area contributed by atoms with Crippen LogP contribution in [0.3, 0.4) is 0 Å². The monoisotopic (exact) mass is 331 g/mol. The van der Waals surface area contributed by atoms with Crippen molar-refractivity contribution in [2.45, 2.75) is 11.7 Å². The zero-order chi connectivity index (χ0) is 16.4. The number of fused-ring (bicyclic) bond motifs is 1. The Bertz CT molecular complexity index is 847. The lowest BCUT2D eigenvalue weighted by Gasteiger charge is -2.08. The molecule has 8 heteroatoms. The van der Waals surface area contributed by atoms with Crippen molar-refractivity contribution < 1.29 is 14.3 Å². The van der Waals surface area contributed by atoms with Crippen molar-refractivity contribution in [3.63, 3.8) is 0 Å². The first-order chi connectivity index (χ1) is 11.1. The van der Waals surface area contributed by atoms with Crippen LogP contribution < -0.4 is 10.9 Å². The van der Waals surface area contributed by atoms with E-state index in [-0.39, 0.29) is 11.1 Å². The first-order valence-corrected chi connectivity index (χ1v) is 7.81. The Balaban J connectivity index is 1.86. The molecule has 1 aliphatic rings. The third kappa shape index (κ3) is 2.98. The number of ether oxygens (including phenoxy) is 1. The fraction of sp³-hybridized carbons (Fsp3) is 0.200. The van der Waals surface area contributed by atoms with Crippen molar-refractivity contribution in [1.29, 1.82) is 0 Å². The summed E-state index contributed by atoms with van der Waals surface area (Å²) in [5.74, 6) is -0.289. The number of nitrogens with one attached hydrogen (secondary N) is 1. The third-order valence-electron chi connectivity index (χ3n) is 3.34. The van der Waals surface area contributed by atoms with Gasteiger partial charge in [0.15, 0.2) is 5.16 Å². The highest BCUT2D eigenvalue weighted by atomic mass is 32.2. The predicted molar refractivity (Wildman–Crippen MR) is 85.0 cm³/mol. The van der Waals surface area contributed by atoms with Crippen molar-refractivity contribution in [3.05, 3.63) is 51.9 Å². The first kappa shape index (κ1) is 15.3. The number of anilines is 1. The molecule has 1 amide bonds. The molecule has 0 fully saturated rings. The van der Waals surface area contributed by atoms with Crippen LogP contribution in [0.15, 0.2) is 40.4 Å². The average Bonchev–Trinajstić information content (AvgIpc) is 3.04. The van der Waals surface area contributed by atoms with Crippen LogP contribution in [0.5, 0.6) is 0 Å². The van der Waals surface area contributed by atoms with Gasteiger partial charge in [0.2, 0.25) is 0 Å². The Morgan fingerprint density at radius 1 is 1.39 bits per heavy atom. The third-order valence-corrected chi connectivity index (χ3v) is 4.31. The van der Waals surface area contributed by atoms with E-state index < -0.39 is 11.9 Å². The molecular formula is C15H13N3O4S. The predicted octanol–water partition coefficient (Wildman–Crippen LogP) is 1.39. The number of benzene rings is 1. The van der Waals surface area contributed by atoms with E-state index in [0.29, 0.717) is 23.0 Å². The van der Waals surface area contributed by atoms with E-state index in [1.54, 1.807) is 18.2 Å². The standard InChI is InChI=1S/C15H13N3O4S/c1-22-14(21)9-3-2-4-10(7-9)17-12(19)11-8-16-15-18(13(11)20)5-6-23-15/h2-4,7-8H,5-6H2,1H3,(H,17,19). The van der Waals surface area contributed by atoms with Crippen molar-refractivity contribution >= 4 is 29.3 Å². The van der Waals surface area contributed by atoms with E-state index in [2.05, 4.69) is 15.0 Å². The van der Waals surface area contributed by atoms with E-state index in [1.165, 1.54) is 35.7 Å². The molecule has 0 unspecified atom stereocenters. The summed E-state index contributed by atoms with van der Waals surface area (Å²) in [6, 6.07) is 6.30. The van der Waals surface area contributed by atoms with Gasteiger partial charge < -0.3 is 10.1 Å². The van der Waals surface area contributed by atoms with E-state index in [0.717, 1.165) is 5.75 Å². The SMILES string of the molecule is COC(=O)c1cccc(NC(=O)c2cnc3n(c2=O)CCS3)c1. The zero-order valence-electron chi connectivity index (χ0n) is 12.2. The summed E-state index contributed by atoms with van der Waals surface area (Å²) >= 11 is 1.48. The molecule has 0 radical (unpaired) electrons. The lowest BCUT2D eigenvalue weighted by Crippen LogP contribution is -2.29. The largest absolute Gasteiger partial charge is 0.465 e. The van der Waals surface area contributed by atoms with Crippen LogP contribution in [0.1, 0.15) is 20.7 Å². The van der Waals surface area contributed by atoms with Crippen molar-refractivity contribution in [3.8, 4) is 0 Å². The van der Waals surface area contributed by atoms with Gasteiger partial charge in [0.25, 0.3) is 11.5 Å². The molecule has 7 nitrogen and oxygen atoms in total. The Morgan fingerprint density at radius 2 is 2.22 bits per heavy atom. The highest BCUT2D eigenvalue weighted by Gasteiger charge is 2.20. The normalized spacial score (nSPS) is 12.6. The molecule has 0 saturated heterocycles. The number of thioether (sulfide) groups is 1. The number of carbonyl (C=O) groups excluding carboxylic acids is 2. The van der Waals surface area contributed by atoms with Crippen LogP contribution in [0.25, 0.3) is 0 Å². The number of carbonyl (C=O) groups is 2. The van der Waals surface area contributed by atoms with Crippen LogP contribution in [0.2, 0.25) is 0 Å². The van der Waals surface area contributed by atoms with Crippen molar-refractivity contribution in [2.75, 3.05) is 18.2 Å². The van der Waals surface area contributed by atoms with Gasteiger partial charge in [-0.15, -0.1) is 0 Å². The second kappa shape index (κ2) is 6.25. The molecule has 0 saturated carbocycles. The van der Waals surface area contributed by atoms with E-state index in [1.807, 2.05) is 0 Å². The molecular weight excluding hydrogens is 318 g/mol. The number of nitrogens with zero attached hydrogens (tertiary/aromatic N) is 2. The van der Waals surface area contributed by atoms with Gasteiger partial charge in [-0.25, -0.2) is 9.78 Å². The van der Waals surface area contributed by atoms with Crippen molar-refractivity contribution in [2.24, 2.45) is 0 Å². The molecule has 1 aromatic heterocycles. The highest BCUT2D eigenvalue weighted by Crippen LogP contribution is 2.20. The molecule has 1 aromatic carbocycles. The lowest BCUT2D eigenvalue weighted by molar-refractivity contribution is 0.0600. The summed E-state index contributed by atoms with van der Waals surface area (Å²) in [4.78, 5) is 40.2. The quantitative estimate of drug-likeness (QED) is 0.675. The van der Waals surface area contributed by atoms with Crippen LogP contribution in [0, 0.1) is 0 Å². The van der Waals surface area contributed by atoms with Crippen molar-refractivity contribution in [1.82, 2.24) is 9.55 Å². The number of aromatic nitrogens is 2. The molecule has 0 aliphatic carbocycles. The topological polar surface area (TPSA) is 90.3 Å². The maximum absolute atomic E-state index is 12.3.